The van der Waals surface area contributed by atoms with E-state index in [1.54, 1.807) is 6.07 Å². The highest BCUT2D eigenvalue weighted by Crippen LogP contribution is 2.52. The topological polar surface area (TPSA) is 66.1 Å². The van der Waals surface area contributed by atoms with E-state index in [9.17, 15) is 9.59 Å². The molecule has 1 aromatic rings. The molecule has 2 bridgehead atoms. The van der Waals surface area contributed by atoms with Crippen molar-refractivity contribution in [2.75, 3.05) is 19.0 Å². The van der Waals surface area contributed by atoms with Crippen molar-refractivity contribution in [3.05, 3.63) is 30.0 Å². The van der Waals surface area contributed by atoms with E-state index in [0.717, 1.165) is 11.4 Å². The maximum Gasteiger partial charge on any atom is 0.254 e. The standard InChI is InChI=1S/C16H17N3O3/c1-18(2)12-6-5-11(22-12)8-17-19-15(20)13-9-3-4-10(7-9)14(13)16(19)21/h3-6,8-10,13-14H,7H2,1-2H3/b17-8-/t9-,10-,13-,14+/m1/s1. The molecular formula is C16H17N3O3. The van der Waals surface area contributed by atoms with Crippen molar-refractivity contribution >= 4 is 23.9 Å². The zero-order valence-corrected chi connectivity index (χ0v) is 12.5. The van der Waals surface area contributed by atoms with Crippen LogP contribution >= 0.6 is 0 Å². The molecule has 2 aliphatic carbocycles. The van der Waals surface area contributed by atoms with Crippen molar-refractivity contribution < 1.29 is 14.0 Å². The Morgan fingerprint density at radius 3 is 2.36 bits per heavy atom. The number of carbonyl (C=O) groups is 2. The van der Waals surface area contributed by atoms with Crippen molar-refractivity contribution in [3.63, 3.8) is 0 Å². The minimum absolute atomic E-state index is 0.178. The van der Waals surface area contributed by atoms with Crippen LogP contribution in [0.25, 0.3) is 0 Å². The summed E-state index contributed by atoms with van der Waals surface area (Å²) in [5.41, 5.74) is 0. The van der Waals surface area contributed by atoms with Crippen LogP contribution in [0.3, 0.4) is 0 Å². The third kappa shape index (κ3) is 1.76. The van der Waals surface area contributed by atoms with Crippen LogP contribution in [-0.2, 0) is 9.59 Å². The molecule has 6 heteroatoms. The van der Waals surface area contributed by atoms with Gasteiger partial charge in [-0.1, -0.05) is 12.2 Å². The van der Waals surface area contributed by atoms with E-state index in [1.807, 2.05) is 25.1 Å². The number of imide groups is 1. The number of amides is 2. The van der Waals surface area contributed by atoms with Gasteiger partial charge in [-0.05, 0) is 24.3 Å². The second-order valence-corrected chi connectivity index (χ2v) is 6.30. The van der Waals surface area contributed by atoms with Gasteiger partial charge in [0.25, 0.3) is 11.8 Å². The Labute approximate surface area is 128 Å². The van der Waals surface area contributed by atoms with Gasteiger partial charge in [-0.25, -0.2) is 0 Å². The van der Waals surface area contributed by atoms with Gasteiger partial charge in [0.2, 0.25) is 0 Å². The van der Waals surface area contributed by atoms with Crippen molar-refractivity contribution in [2.45, 2.75) is 6.42 Å². The smallest absolute Gasteiger partial charge is 0.254 e. The molecule has 0 unspecified atom stereocenters. The fraction of sp³-hybridized carbons (Fsp3) is 0.438. The molecule has 1 aliphatic heterocycles. The number of fused-ring (bicyclic) bond motifs is 5. The van der Waals surface area contributed by atoms with Gasteiger partial charge in [-0.15, -0.1) is 0 Å². The van der Waals surface area contributed by atoms with Crippen LogP contribution in [0.15, 0.2) is 33.8 Å². The molecule has 2 fully saturated rings. The second-order valence-electron chi connectivity index (χ2n) is 6.30. The lowest BCUT2D eigenvalue weighted by molar-refractivity contribution is -0.140. The van der Waals surface area contributed by atoms with E-state index in [1.165, 1.54) is 6.21 Å². The first-order chi connectivity index (χ1) is 10.6. The van der Waals surface area contributed by atoms with Gasteiger partial charge in [0.05, 0.1) is 18.1 Å². The molecule has 0 aromatic carbocycles. The number of hydrogen-bond donors (Lipinski definition) is 0. The molecule has 114 valence electrons. The fourth-order valence-electron chi connectivity index (χ4n) is 3.77. The van der Waals surface area contributed by atoms with Crippen molar-refractivity contribution in [2.24, 2.45) is 28.8 Å². The molecule has 4 rings (SSSR count). The first kappa shape index (κ1) is 13.3. The number of hydrazone groups is 1. The lowest BCUT2D eigenvalue weighted by atomic mass is 9.85. The zero-order chi connectivity index (χ0) is 15.4. The highest BCUT2D eigenvalue weighted by Gasteiger charge is 2.59. The normalized spacial score (nSPS) is 32.5. The first-order valence-corrected chi connectivity index (χ1v) is 7.43. The number of furan rings is 1. The Morgan fingerprint density at radius 2 is 1.82 bits per heavy atom. The molecule has 4 atom stereocenters. The average molecular weight is 299 g/mol. The fourth-order valence-corrected chi connectivity index (χ4v) is 3.77. The summed E-state index contributed by atoms with van der Waals surface area (Å²) in [7, 11) is 3.74. The van der Waals surface area contributed by atoms with Crippen LogP contribution in [0.2, 0.25) is 0 Å². The molecule has 2 heterocycles. The van der Waals surface area contributed by atoms with E-state index in [4.69, 9.17) is 4.42 Å². The molecule has 1 saturated heterocycles. The highest BCUT2D eigenvalue weighted by molar-refractivity contribution is 6.06. The first-order valence-electron chi connectivity index (χ1n) is 7.43. The number of allylic oxidation sites excluding steroid dienone is 2. The van der Waals surface area contributed by atoms with E-state index in [0.29, 0.717) is 11.6 Å². The van der Waals surface area contributed by atoms with E-state index >= 15 is 0 Å². The number of hydrogen-bond acceptors (Lipinski definition) is 5. The maximum atomic E-state index is 12.4. The molecule has 6 nitrogen and oxygen atoms in total. The molecule has 3 aliphatic rings. The van der Waals surface area contributed by atoms with E-state index in [2.05, 4.69) is 17.3 Å². The van der Waals surface area contributed by atoms with Gasteiger partial charge in [-0.3, -0.25) is 9.59 Å². The summed E-state index contributed by atoms with van der Waals surface area (Å²) >= 11 is 0. The Balaban J connectivity index is 1.55. The third-order valence-electron chi connectivity index (χ3n) is 4.80. The van der Waals surface area contributed by atoms with Crippen molar-refractivity contribution in [1.82, 2.24) is 5.01 Å². The summed E-state index contributed by atoms with van der Waals surface area (Å²) in [5, 5.41) is 5.10. The third-order valence-corrected chi connectivity index (χ3v) is 4.80. The van der Waals surface area contributed by atoms with Crippen LogP contribution in [0.4, 0.5) is 5.88 Å². The highest BCUT2D eigenvalue weighted by atomic mass is 16.4. The van der Waals surface area contributed by atoms with Crippen LogP contribution < -0.4 is 4.90 Å². The predicted molar refractivity (Wildman–Crippen MR) is 80.2 cm³/mol. The minimum Gasteiger partial charge on any atom is -0.440 e. The van der Waals surface area contributed by atoms with Crippen molar-refractivity contribution in [1.29, 1.82) is 0 Å². The number of rotatable bonds is 3. The molecule has 1 saturated carbocycles. The zero-order valence-electron chi connectivity index (χ0n) is 12.5. The second kappa shape index (κ2) is 4.56. The quantitative estimate of drug-likeness (QED) is 0.482. The molecule has 0 spiro atoms. The van der Waals surface area contributed by atoms with E-state index < -0.39 is 0 Å². The minimum atomic E-state index is -0.214. The average Bonchev–Trinajstić information content (AvgIpc) is 3.23. The molecular weight excluding hydrogens is 282 g/mol. The van der Waals surface area contributed by atoms with Crippen molar-refractivity contribution in [3.8, 4) is 0 Å². The van der Waals surface area contributed by atoms with Crippen LogP contribution in [-0.4, -0.2) is 37.1 Å². The van der Waals surface area contributed by atoms with Gasteiger partial charge in [0, 0.05) is 20.2 Å². The predicted octanol–water partition coefficient (Wildman–Crippen LogP) is 1.49. The Hall–Kier alpha value is -2.37. The summed E-state index contributed by atoms with van der Waals surface area (Å²) in [4.78, 5) is 26.7. The molecule has 2 amide bonds. The van der Waals surface area contributed by atoms with Gasteiger partial charge in [-0.2, -0.15) is 10.1 Å². The summed E-state index contributed by atoms with van der Waals surface area (Å²) in [6, 6.07) is 3.57. The monoisotopic (exact) mass is 299 g/mol. The summed E-state index contributed by atoms with van der Waals surface area (Å²) in [5.74, 6) is 0.834. The van der Waals surface area contributed by atoms with Gasteiger partial charge >= 0.3 is 0 Å². The molecule has 0 radical (unpaired) electrons. The maximum absolute atomic E-state index is 12.4. The number of nitrogens with zero attached hydrogens (tertiary/aromatic N) is 3. The van der Waals surface area contributed by atoms with Gasteiger partial charge in [0.1, 0.15) is 5.76 Å². The SMILES string of the molecule is CN(C)c1ccc(/C=N\N2C(=O)[C@@H]3[C@H](C2=O)[C@@H]2C=C[C@@H]3C2)o1. The number of carbonyl (C=O) groups excluding carboxylic acids is 2. The molecule has 22 heavy (non-hydrogen) atoms. The van der Waals surface area contributed by atoms with Crippen LogP contribution in [0.1, 0.15) is 12.2 Å². The van der Waals surface area contributed by atoms with Crippen LogP contribution in [0, 0.1) is 23.7 Å². The van der Waals surface area contributed by atoms with Crippen LogP contribution in [0.5, 0.6) is 0 Å². The Bertz CT molecular complexity index is 673. The lowest BCUT2D eigenvalue weighted by Crippen LogP contribution is -2.28. The summed E-state index contributed by atoms with van der Waals surface area (Å²) < 4.78 is 5.54. The summed E-state index contributed by atoms with van der Waals surface area (Å²) in [6.45, 7) is 0. The molecule has 0 N–H and O–H groups in total. The van der Waals surface area contributed by atoms with Gasteiger partial charge < -0.3 is 9.32 Å². The van der Waals surface area contributed by atoms with E-state index in [-0.39, 0.29) is 35.5 Å². The lowest BCUT2D eigenvalue weighted by Gasteiger charge is -2.13. The number of anilines is 1. The Morgan fingerprint density at radius 1 is 1.18 bits per heavy atom. The molecule has 1 aromatic heterocycles. The largest absolute Gasteiger partial charge is 0.440 e. The van der Waals surface area contributed by atoms with Gasteiger partial charge in [0.15, 0.2) is 5.88 Å². The Kier molecular flexibility index (Phi) is 2.76. The summed E-state index contributed by atoms with van der Waals surface area (Å²) in [6.07, 6.45) is 6.49.